The zero-order valence-electron chi connectivity index (χ0n) is 21.5. The molecule has 0 bridgehead atoms. The van der Waals surface area contributed by atoms with Gasteiger partial charge in [0.1, 0.15) is 12.3 Å². The van der Waals surface area contributed by atoms with E-state index in [1.54, 1.807) is 31.4 Å². The number of ether oxygens (including phenoxy) is 2. The van der Waals surface area contributed by atoms with Gasteiger partial charge in [0.25, 0.3) is 5.91 Å². The standard InChI is InChI=1S/C30H29ClN4O4/c1-38-25-15-11-21(12-16-25)27-19-35(24-6-3-2-4-7-24)30(32-27)33-28(36)20-34(18-26-8-5-17-39-26)29(37)22-9-13-23(31)14-10-22/h2-4,6-7,9-16,19,26H,5,8,17-18,20H2,1H3,(H,32,33,36)/t26-/m1/s1. The van der Waals surface area contributed by atoms with Crippen molar-refractivity contribution in [2.75, 3.05) is 32.1 Å². The van der Waals surface area contributed by atoms with Crippen LogP contribution in [0.1, 0.15) is 23.2 Å². The van der Waals surface area contributed by atoms with Gasteiger partial charge in [0.05, 0.1) is 18.9 Å². The molecule has 0 saturated carbocycles. The summed E-state index contributed by atoms with van der Waals surface area (Å²) in [7, 11) is 1.62. The minimum Gasteiger partial charge on any atom is -0.497 e. The van der Waals surface area contributed by atoms with E-state index in [0.29, 0.717) is 35.4 Å². The number of aromatic nitrogens is 2. The van der Waals surface area contributed by atoms with Crippen LogP contribution in [-0.4, -0.2) is 59.2 Å². The molecular weight excluding hydrogens is 516 g/mol. The number of benzene rings is 3. The van der Waals surface area contributed by atoms with Crippen LogP contribution >= 0.6 is 11.6 Å². The molecule has 39 heavy (non-hydrogen) atoms. The van der Waals surface area contributed by atoms with Crippen LogP contribution in [0.3, 0.4) is 0 Å². The third-order valence-electron chi connectivity index (χ3n) is 6.54. The number of nitrogens with zero attached hydrogens (tertiary/aromatic N) is 3. The molecule has 1 saturated heterocycles. The van der Waals surface area contributed by atoms with Gasteiger partial charge >= 0.3 is 0 Å². The summed E-state index contributed by atoms with van der Waals surface area (Å²) in [5, 5.41) is 3.46. The molecule has 4 aromatic rings. The Morgan fingerprint density at radius 3 is 2.49 bits per heavy atom. The molecule has 0 radical (unpaired) electrons. The van der Waals surface area contributed by atoms with Gasteiger partial charge in [-0.3, -0.25) is 19.5 Å². The van der Waals surface area contributed by atoms with Crippen LogP contribution in [0.4, 0.5) is 5.95 Å². The number of hydrogen-bond donors (Lipinski definition) is 1. The lowest BCUT2D eigenvalue weighted by atomic mass is 10.1. The monoisotopic (exact) mass is 544 g/mol. The molecule has 0 unspecified atom stereocenters. The fourth-order valence-electron chi connectivity index (χ4n) is 4.52. The first-order chi connectivity index (χ1) is 19.0. The first kappa shape index (κ1) is 26.5. The number of anilines is 1. The SMILES string of the molecule is COc1ccc(-c2cn(-c3ccccc3)c(NC(=O)CN(C[C@H]3CCCO3)C(=O)c3ccc(Cl)cc3)n2)cc1. The largest absolute Gasteiger partial charge is 0.497 e. The van der Waals surface area contributed by atoms with Crippen molar-refractivity contribution in [3.8, 4) is 22.7 Å². The second-order valence-electron chi connectivity index (χ2n) is 9.26. The van der Waals surface area contributed by atoms with E-state index in [9.17, 15) is 9.59 Å². The maximum Gasteiger partial charge on any atom is 0.254 e. The Labute approximate surface area is 232 Å². The predicted octanol–water partition coefficient (Wildman–Crippen LogP) is 5.46. The number of hydrogen-bond acceptors (Lipinski definition) is 5. The maximum atomic E-state index is 13.4. The van der Waals surface area contributed by atoms with E-state index in [4.69, 9.17) is 26.1 Å². The van der Waals surface area contributed by atoms with Crippen LogP contribution in [0.2, 0.25) is 5.02 Å². The van der Waals surface area contributed by atoms with Gasteiger partial charge in [0.15, 0.2) is 0 Å². The molecular formula is C30H29ClN4O4. The first-order valence-electron chi connectivity index (χ1n) is 12.8. The molecule has 5 rings (SSSR count). The minimum atomic E-state index is -0.362. The van der Waals surface area contributed by atoms with E-state index in [1.807, 2.05) is 65.4 Å². The molecule has 200 valence electrons. The molecule has 2 amide bonds. The topological polar surface area (TPSA) is 85.7 Å². The van der Waals surface area contributed by atoms with Crippen molar-refractivity contribution in [2.45, 2.75) is 18.9 Å². The Kier molecular flexibility index (Phi) is 8.24. The van der Waals surface area contributed by atoms with Crippen LogP contribution in [0, 0.1) is 0 Å². The first-order valence-corrected chi connectivity index (χ1v) is 13.1. The van der Waals surface area contributed by atoms with Crippen molar-refractivity contribution >= 4 is 29.4 Å². The van der Waals surface area contributed by atoms with Crippen LogP contribution in [-0.2, 0) is 9.53 Å². The summed E-state index contributed by atoms with van der Waals surface area (Å²) in [5.74, 6) is 0.474. The Bertz CT molecular complexity index is 1420. The van der Waals surface area contributed by atoms with E-state index < -0.39 is 0 Å². The molecule has 3 aromatic carbocycles. The molecule has 1 aliphatic rings. The number of carbonyl (C=O) groups excluding carboxylic acids is 2. The third-order valence-corrected chi connectivity index (χ3v) is 6.79. The number of methoxy groups -OCH3 is 1. The normalized spacial score (nSPS) is 14.7. The van der Waals surface area contributed by atoms with Crippen LogP contribution in [0.25, 0.3) is 16.9 Å². The Balaban J connectivity index is 1.40. The molecule has 0 spiro atoms. The number of nitrogens with one attached hydrogen (secondary N) is 1. The fourth-order valence-corrected chi connectivity index (χ4v) is 4.65. The van der Waals surface area contributed by atoms with Gasteiger partial charge in [0, 0.05) is 41.2 Å². The lowest BCUT2D eigenvalue weighted by Crippen LogP contribution is -2.42. The van der Waals surface area contributed by atoms with E-state index in [-0.39, 0.29) is 24.5 Å². The lowest BCUT2D eigenvalue weighted by molar-refractivity contribution is -0.117. The van der Waals surface area contributed by atoms with E-state index in [1.165, 1.54) is 4.90 Å². The average Bonchev–Trinajstić information content (AvgIpc) is 3.63. The van der Waals surface area contributed by atoms with Crippen LogP contribution in [0.5, 0.6) is 5.75 Å². The summed E-state index contributed by atoms with van der Waals surface area (Å²) in [5.41, 5.74) is 2.86. The maximum absolute atomic E-state index is 13.4. The number of para-hydroxylation sites is 1. The summed E-state index contributed by atoms with van der Waals surface area (Å²) >= 11 is 6.01. The van der Waals surface area contributed by atoms with Gasteiger partial charge in [-0.25, -0.2) is 4.98 Å². The number of rotatable bonds is 9. The van der Waals surface area contributed by atoms with E-state index in [2.05, 4.69) is 5.32 Å². The Morgan fingerprint density at radius 2 is 1.82 bits per heavy atom. The molecule has 8 nitrogen and oxygen atoms in total. The smallest absolute Gasteiger partial charge is 0.254 e. The van der Waals surface area contributed by atoms with Crippen molar-refractivity contribution in [2.24, 2.45) is 0 Å². The molecule has 9 heteroatoms. The van der Waals surface area contributed by atoms with Gasteiger partial charge in [-0.2, -0.15) is 0 Å². The minimum absolute atomic E-state index is 0.109. The summed E-state index contributed by atoms with van der Waals surface area (Å²) < 4.78 is 12.9. The average molecular weight is 545 g/mol. The molecule has 1 fully saturated rings. The van der Waals surface area contributed by atoms with Gasteiger partial charge in [0.2, 0.25) is 11.9 Å². The summed E-state index contributed by atoms with van der Waals surface area (Å²) in [4.78, 5) is 33.0. The van der Waals surface area contributed by atoms with Crippen LogP contribution in [0.15, 0.2) is 85.1 Å². The van der Waals surface area contributed by atoms with E-state index >= 15 is 0 Å². The van der Waals surface area contributed by atoms with Gasteiger partial charge in [-0.1, -0.05) is 29.8 Å². The second kappa shape index (κ2) is 12.1. The molecule has 1 atom stereocenters. The number of halogens is 1. The van der Waals surface area contributed by atoms with Crippen molar-refractivity contribution in [3.63, 3.8) is 0 Å². The Hall–Kier alpha value is -4.14. The van der Waals surface area contributed by atoms with E-state index in [0.717, 1.165) is 29.8 Å². The summed E-state index contributed by atoms with van der Waals surface area (Å²) in [6, 6.07) is 23.8. The zero-order valence-corrected chi connectivity index (χ0v) is 22.3. The van der Waals surface area contributed by atoms with Crippen molar-refractivity contribution in [1.29, 1.82) is 0 Å². The molecule has 2 heterocycles. The quantitative estimate of drug-likeness (QED) is 0.302. The predicted molar refractivity (Wildman–Crippen MR) is 151 cm³/mol. The van der Waals surface area contributed by atoms with Crippen molar-refractivity contribution in [1.82, 2.24) is 14.5 Å². The van der Waals surface area contributed by atoms with Gasteiger partial charge in [-0.15, -0.1) is 0 Å². The van der Waals surface area contributed by atoms with Crippen molar-refractivity contribution in [3.05, 3.63) is 95.6 Å². The van der Waals surface area contributed by atoms with Gasteiger partial charge in [-0.05, 0) is 73.5 Å². The fraction of sp³-hybridized carbons (Fsp3) is 0.233. The van der Waals surface area contributed by atoms with Crippen molar-refractivity contribution < 1.29 is 19.1 Å². The Morgan fingerprint density at radius 1 is 1.08 bits per heavy atom. The molecule has 0 aliphatic carbocycles. The second-order valence-corrected chi connectivity index (χ2v) is 9.70. The number of amides is 2. The summed E-state index contributed by atoms with van der Waals surface area (Å²) in [6.45, 7) is 0.822. The number of imidazole rings is 1. The molecule has 1 aromatic heterocycles. The lowest BCUT2D eigenvalue weighted by Gasteiger charge is -2.25. The highest BCUT2D eigenvalue weighted by Crippen LogP contribution is 2.26. The highest BCUT2D eigenvalue weighted by Gasteiger charge is 2.26. The third kappa shape index (κ3) is 6.47. The number of carbonyl (C=O) groups is 2. The molecule has 1 N–H and O–H groups in total. The summed E-state index contributed by atoms with van der Waals surface area (Å²) in [6.07, 6.45) is 3.54. The zero-order chi connectivity index (χ0) is 27.2. The van der Waals surface area contributed by atoms with Crippen LogP contribution < -0.4 is 10.1 Å². The highest BCUT2D eigenvalue weighted by atomic mass is 35.5. The highest BCUT2D eigenvalue weighted by molar-refractivity contribution is 6.30. The van der Waals surface area contributed by atoms with Gasteiger partial charge < -0.3 is 14.4 Å². The molecule has 1 aliphatic heterocycles.